The van der Waals surface area contributed by atoms with Crippen LogP contribution in [0.25, 0.3) is 0 Å². The maximum Gasteiger partial charge on any atom is 0.213 e. The van der Waals surface area contributed by atoms with E-state index in [1.165, 1.54) is 19.3 Å². The Kier molecular flexibility index (Phi) is 3.17. The van der Waals surface area contributed by atoms with Crippen LogP contribution in [0, 0.1) is 18.3 Å². The van der Waals surface area contributed by atoms with Crippen LogP contribution >= 0.6 is 0 Å². The van der Waals surface area contributed by atoms with Crippen LogP contribution in [0.4, 0.5) is 0 Å². The van der Waals surface area contributed by atoms with Crippen molar-refractivity contribution in [2.45, 2.75) is 40.0 Å². The molecule has 2 rings (SSSR count). The second kappa shape index (κ2) is 4.44. The average molecular weight is 219 g/mol. The van der Waals surface area contributed by atoms with Gasteiger partial charge in [-0.05, 0) is 37.2 Å². The maximum atomic E-state index is 5.80. The number of aromatic nitrogens is 1. The van der Waals surface area contributed by atoms with Crippen molar-refractivity contribution in [1.82, 2.24) is 4.98 Å². The zero-order valence-electron chi connectivity index (χ0n) is 10.5. The topological polar surface area (TPSA) is 22.1 Å². The van der Waals surface area contributed by atoms with Crippen LogP contribution in [0.1, 0.15) is 38.8 Å². The molecule has 16 heavy (non-hydrogen) atoms. The summed E-state index contributed by atoms with van der Waals surface area (Å²) in [6.07, 6.45) is 3.95. The highest BCUT2D eigenvalue weighted by Gasteiger charge is 2.34. The minimum absolute atomic E-state index is 0.434. The van der Waals surface area contributed by atoms with Crippen LogP contribution in [-0.2, 0) is 0 Å². The fourth-order valence-electron chi connectivity index (χ4n) is 2.49. The lowest BCUT2D eigenvalue weighted by Crippen LogP contribution is -2.23. The van der Waals surface area contributed by atoms with Crippen molar-refractivity contribution in [2.75, 3.05) is 6.61 Å². The Balaban J connectivity index is 1.92. The highest BCUT2D eigenvalue weighted by atomic mass is 16.5. The van der Waals surface area contributed by atoms with Crippen molar-refractivity contribution in [3.63, 3.8) is 0 Å². The van der Waals surface area contributed by atoms with E-state index in [2.05, 4.69) is 18.8 Å². The van der Waals surface area contributed by atoms with Gasteiger partial charge in [-0.3, -0.25) is 0 Å². The van der Waals surface area contributed by atoms with Gasteiger partial charge in [0.25, 0.3) is 0 Å². The maximum absolute atomic E-state index is 5.80. The molecule has 1 atom stereocenters. The van der Waals surface area contributed by atoms with Gasteiger partial charge in [-0.1, -0.05) is 26.3 Å². The summed E-state index contributed by atoms with van der Waals surface area (Å²) in [4.78, 5) is 4.36. The van der Waals surface area contributed by atoms with Crippen molar-refractivity contribution in [1.29, 1.82) is 0 Å². The molecule has 0 amide bonds. The fraction of sp³-hybridized carbons (Fsp3) is 0.643. The smallest absolute Gasteiger partial charge is 0.213 e. The van der Waals surface area contributed by atoms with Crippen molar-refractivity contribution in [3.05, 3.63) is 23.9 Å². The molecule has 0 aliphatic heterocycles. The molecule has 0 saturated heterocycles. The third-order valence-electron chi connectivity index (χ3n) is 3.77. The van der Waals surface area contributed by atoms with Crippen LogP contribution in [0.2, 0.25) is 0 Å². The van der Waals surface area contributed by atoms with Gasteiger partial charge >= 0.3 is 0 Å². The summed E-state index contributed by atoms with van der Waals surface area (Å²) in [7, 11) is 0. The Morgan fingerprint density at radius 1 is 1.44 bits per heavy atom. The number of nitrogens with zero attached hydrogens (tertiary/aromatic N) is 1. The van der Waals surface area contributed by atoms with Gasteiger partial charge in [0.1, 0.15) is 0 Å². The quantitative estimate of drug-likeness (QED) is 0.775. The van der Waals surface area contributed by atoms with Crippen LogP contribution in [-0.4, -0.2) is 11.6 Å². The van der Waals surface area contributed by atoms with E-state index in [0.29, 0.717) is 11.3 Å². The molecule has 0 aromatic carbocycles. The molecule has 1 saturated carbocycles. The van der Waals surface area contributed by atoms with Crippen molar-refractivity contribution in [2.24, 2.45) is 11.3 Å². The van der Waals surface area contributed by atoms with E-state index in [1.54, 1.807) is 0 Å². The van der Waals surface area contributed by atoms with E-state index in [0.717, 1.165) is 18.2 Å². The number of aryl methyl sites for hydroxylation is 1. The molecular weight excluding hydrogens is 198 g/mol. The van der Waals surface area contributed by atoms with Crippen molar-refractivity contribution < 1.29 is 4.74 Å². The first-order valence-electron chi connectivity index (χ1n) is 6.14. The Hall–Kier alpha value is -1.05. The average Bonchev–Trinajstić information content (AvgIpc) is 2.55. The number of ether oxygens (including phenoxy) is 1. The lowest BCUT2D eigenvalue weighted by Gasteiger charge is -2.26. The van der Waals surface area contributed by atoms with Gasteiger partial charge in [-0.25, -0.2) is 4.98 Å². The lowest BCUT2D eigenvalue weighted by molar-refractivity contribution is 0.157. The van der Waals surface area contributed by atoms with Gasteiger partial charge in [0.15, 0.2) is 0 Å². The van der Waals surface area contributed by atoms with Crippen LogP contribution in [0.3, 0.4) is 0 Å². The number of pyridine rings is 1. The summed E-state index contributed by atoms with van der Waals surface area (Å²) in [5, 5.41) is 0. The number of hydrogen-bond donors (Lipinski definition) is 0. The fourth-order valence-corrected chi connectivity index (χ4v) is 2.49. The van der Waals surface area contributed by atoms with E-state index in [9.17, 15) is 0 Å². The summed E-state index contributed by atoms with van der Waals surface area (Å²) in [6.45, 7) is 7.49. The van der Waals surface area contributed by atoms with Crippen LogP contribution in [0.5, 0.6) is 5.88 Å². The van der Waals surface area contributed by atoms with E-state index in [-0.39, 0.29) is 0 Å². The lowest BCUT2D eigenvalue weighted by atomic mass is 9.82. The molecule has 0 bridgehead atoms. The highest BCUT2D eigenvalue weighted by Crippen LogP contribution is 2.42. The molecule has 1 aromatic rings. The zero-order chi connectivity index (χ0) is 11.6. The minimum atomic E-state index is 0.434. The molecule has 1 aliphatic carbocycles. The van der Waals surface area contributed by atoms with Crippen LogP contribution < -0.4 is 4.74 Å². The van der Waals surface area contributed by atoms with Crippen molar-refractivity contribution >= 4 is 0 Å². The first-order valence-corrected chi connectivity index (χ1v) is 6.14. The molecule has 0 N–H and O–H groups in total. The first-order chi connectivity index (χ1) is 7.58. The Morgan fingerprint density at radius 3 is 2.88 bits per heavy atom. The predicted octanol–water partition coefficient (Wildman–Crippen LogP) is 3.60. The van der Waals surface area contributed by atoms with Gasteiger partial charge in [-0.15, -0.1) is 0 Å². The molecule has 88 valence electrons. The summed E-state index contributed by atoms with van der Waals surface area (Å²) in [5.74, 6) is 1.44. The molecule has 1 aliphatic rings. The van der Waals surface area contributed by atoms with Crippen molar-refractivity contribution in [3.8, 4) is 5.88 Å². The molecule has 1 fully saturated rings. The number of rotatable bonds is 3. The summed E-state index contributed by atoms with van der Waals surface area (Å²) in [6, 6.07) is 5.93. The molecule has 2 nitrogen and oxygen atoms in total. The second-order valence-corrected chi connectivity index (χ2v) is 5.51. The molecule has 1 aromatic heterocycles. The second-order valence-electron chi connectivity index (χ2n) is 5.51. The normalized spacial score (nSPS) is 23.3. The van der Waals surface area contributed by atoms with E-state index < -0.39 is 0 Å². The monoisotopic (exact) mass is 219 g/mol. The SMILES string of the molecule is Cc1cccc(OC[C@H]2CCCC2(C)C)n1. The molecule has 2 heteroatoms. The van der Waals surface area contributed by atoms with Gasteiger partial charge < -0.3 is 4.74 Å². The third-order valence-corrected chi connectivity index (χ3v) is 3.77. The first kappa shape index (κ1) is 11.4. The Bertz CT molecular complexity index is 360. The predicted molar refractivity (Wildman–Crippen MR) is 65.6 cm³/mol. The van der Waals surface area contributed by atoms with Gasteiger partial charge in [-0.2, -0.15) is 0 Å². The molecule has 0 spiro atoms. The van der Waals surface area contributed by atoms with Gasteiger partial charge in [0, 0.05) is 11.8 Å². The molecule has 0 radical (unpaired) electrons. The third kappa shape index (κ3) is 2.55. The minimum Gasteiger partial charge on any atom is -0.477 e. The molecule has 0 unspecified atom stereocenters. The van der Waals surface area contributed by atoms with Gasteiger partial charge in [0.2, 0.25) is 5.88 Å². The summed E-state index contributed by atoms with van der Waals surface area (Å²) in [5.41, 5.74) is 1.45. The summed E-state index contributed by atoms with van der Waals surface area (Å²) < 4.78 is 5.80. The molecule has 1 heterocycles. The number of hydrogen-bond acceptors (Lipinski definition) is 2. The van der Waals surface area contributed by atoms with E-state index >= 15 is 0 Å². The molecular formula is C14H21NO. The van der Waals surface area contributed by atoms with Crippen LogP contribution in [0.15, 0.2) is 18.2 Å². The van der Waals surface area contributed by atoms with Gasteiger partial charge in [0.05, 0.1) is 6.61 Å². The van der Waals surface area contributed by atoms with E-state index in [1.807, 2.05) is 25.1 Å². The summed E-state index contributed by atoms with van der Waals surface area (Å²) >= 11 is 0. The highest BCUT2D eigenvalue weighted by molar-refractivity contribution is 5.14. The Morgan fingerprint density at radius 2 is 2.25 bits per heavy atom. The van der Waals surface area contributed by atoms with E-state index in [4.69, 9.17) is 4.74 Å². The largest absolute Gasteiger partial charge is 0.477 e. The zero-order valence-corrected chi connectivity index (χ0v) is 10.5. The standard InChI is InChI=1S/C14H21NO/c1-11-6-4-8-13(15-11)16-10-12-7-5-9-14(12,2)3/h4,6,8,12H,5,7,9-10H2,1-3H3/t12-/m1/s1. The Labute approximate surface area is 98.0 Å².